The first-order chi connectivity index (χ1) is 10.5. The summed E-state index contributed by atoms with van der Waals surface area (Å²) >= 11 is 3.34. The van der Waals surface area contributed by atoms with Gasteiger partial charge in [0.2, 0.25) is 10.0 Å². The second-order valence-electron chi connectivity index (χ2n) is 5.48. The Kier molecular flexibility index (Phi) is 6.26. The van der Waals surface area contributed by atoms with E-state index in [1.807, 2.05) is 0 Å². The number of hydrogen-bond acceptors (Lipinski definition) is 4. The third-order valence-corrected chi connectivity index (χ3v) is 6.31. The Bertz CT molecular complexity index is 599. The molecule has 2 rings (SSSR count). The first kappa shape index (κ1) is 17.7. The van der Waals surface area contributed by atoms with Crippen molar-refractivity contribution in [3.63, 3.8) is 0 Å². The number of rotatable bonds is 6. The van der Waals surface area contributed by atoms with Gasteiger partial charge in [-0.25, -0.2) is 8.42 Å². The first-order valence-corrected chi connectivity index (χ1v) is 9.76. The lowest BCUT2D eigenvalue weighted by atomic mass is 9.98. The lowest BCUT2D eigenvalue weighted by Gasteiger charge is -2.31. The maximum Gasteiger partial charge on any atom is 0.243 e. The van der Waals surface area contributed by atoms with Crippen molar-refractivity contribution in [1.29, 1.82) is 0 Å². The van der Waals surface area contributed by atoms with E-state index in [4.69, 9.17) is 4.74 Å². The van der Waals surface area contributed by atoms with Gasteiger partial charge < -0.3 is 10.1 Å². The summed E-state index contributed by atoms with van der Waals surface area (Å²) in [5, 5.41) is 3.34. The smallest absolute Gasteiger partial charge is 0.243 e. The van der Waals surface area contributed by atoms with E-state index in [2.05, 4.69) is 28.2 Å². The molecule has 1 aromatic carbocycles. The van der Waals surface area contributed by atoms with E-state index in [0.29, 0.717) is 29.2 Å². The monoisotopic (exact) mass is 390 g/mol. The largest absolute Gasteiger partial charge is 0.497 e. The van der Waals surface area contributed by atoms with Crippen LogP contribution in [0.25, 0.3) is 0 Å². The van der Waals surface area contributed by atoms with Crippen molar-refractivity contribution < 1.29 is 13.2 Å². The Hall–Kier alpha value is -0.630. The van der Waals surface area contributed by atoms with Gasteiger partial charge in [-0.1, -0.05) is 22.9 Å². The van der Waals surface area contributed by atoms with Crippen molar-refractivity contribution in [2.24, 2.45) is 5.92 Å². The van der Waals surface area contributed by atoms with Crippen LogP contribution in [0, 0.1) is 5.92 Å². The van der Waals surface area contributed by atoms with Crippen LogP contribution in [-0.2, 0) is 10.0 Å². The summed E-state index contributed by atoms with van der Waals surface area (Å²) in [6, 6.07) is 4.95. The van der Waals surface area contributed by atoms with Crippen molar-refractivity contribution in [3.05, 3.63) is 22.7 Å². The Balaban J connectivity index is 2.10. The molecular formula is C15H23BrN2O3S. The molecule has 0 aliphatic carbocycles. The fourth-order valence-electron chi connectivity index (χ4n) is 2.66. The topological polar surface area (TPSA) is 58.6 Å². The van der Waals surface area contributed by atoms with Crippen molar-refractivity contribution in [3.8, 4) is 5.75 Å². The van der Waals surface area contributed by atoms with Gasteiger partial charge in [0.25, 0.3) is 0 Å². The average molecular weight is 391 g/mol. The summed E-state index contributed by atoms with van der Waals surface area (Å²) < 4.78 is 33.0. The van der Waals surface area contributed by atoms with E-state index in [1.54, 1.807) is 22.5 Å². The molecule has 0 bridgehead atoms. The van der Waals surface area contributed by atoms with Gasteiger partial charge in [0.1, 0.15) is 5.75 Å². The van der Waals surface area contributed by atoms with Crippen molar-refractivity contribution >= 4 is 26.0 Å². The average Bonchev–Trinajstić information content (AvgIpc) is 2.52. The molecule has 1 aliphatic rings. The highest BCUT2D eigenvalue weighted by atomic mass is 79.9. The number of ether oxygens (including phenoxy) is 1. The lowest BCUT2D eigenvalue weighted by molar-refractivity contribution is 0.268. The minimum atomic E-state index is -3.46. The van der Waals surface area contributed by atoms with E-state index in [9.17, 15) is 8.42 Å². The molecule has 0 spiro atoms. The predicted octanol–water partition coefficient (Wildman–Crippen LogP) is 2.47. The lowest BCUT2D eigenvalue weighted by Crippen LogP contribution is -2.40. The molecule has 22 heavy (non-hydrogen) atoms. The second kappa shape index (κ2) is 7.77. The number of sulfonamides is 1. The maximum absolute atomic E-state index is 12.8. The second-order valence-corrected chi connectivity index (χ2v) is 8.34. The van der Waals surface area contributed by atoms with E-state index < -0.39 is 10.0 Å². The van der Waals surface area contributed by atoms with Crippen LogP contribution >= 0.6 is 15.9 Å². The minimum Gasteiger partial charge on any atom is -0.497 e. The summed E-state index contributed by atoms with van der Waals surface area (Å²) in [6.45, 7) is 5.16. The molecule has 1 aromatic rings. The van der Waals surface area contributed by atoms with Gasteiger partial charge in [0, 0.05) is 23.6 Å². The van der Waals surface area contributed by atoms with E-state index in [-0.39, 0.29) is 4.90 Å². The normalized spacial score (nSPS) is 17.6. The van der Waals surface area contributed by atoms with Gasteiger partial charge in [-0.2, -0.15) is 4.31 Å². The third-order valence-electron chi connectivity index (χ3n) is 3.97. The maximum atomic E-state index is 12.8. The van der Waals surface area contributed by atoms with Crippen LogP contribution in [0.3, 0.4) is 0 Å². The molecule has 1 saturated heterocycles. The fraction of sp³-hybridized carbons (Fsp3) is 0.600. The molecule has 1 heterocycles. The predicted molar refractivity (Wildman–Crippen MR) is 90.7 cm³/mol. The number of piperidine rings is 1. The molecule has 124 valence electrons. The van der Waals surface area contributed by atoms with Crippen LogP contribution < -0.4 is 10.1 Å². The number of hydrogen-bond donors (Lipinski definition) is 1. The SMILES string of the molecule is CCNCC1CCN(S(=O)(=O)c2cc(Br)cc(OC)c2)CC1. The zero-order chi connectivity index (χ0) is 16.2. The van der Waals surface area contributed by atoms with Gasteiger partial charge in [-0.15, -0.1) is 0 Å². The van der Waals surface area contributed by atoms with E-state index in [0.717, 1.165) is 25.9 Å². The summed E-state index contributed by atoms with van der Waals surface area (Å²) in [5.74, 6) is 1.10. The molecule has 1 fully saturated rings. The van der Waals surface area contributed by atoms with Crippen molar-refractivity contribution in [2.45, 2.75) is 24.7 Å². The highest BCUT2D eigenvalue weighted by Crippen LogP contribution is 2.28. The molecule has 1 N–H and O–H groups in total. The highest BCUT2D eigenvalue weighted by Gasteiger charge is 2.29. The fourth-order valence-corrected chi connectivity index (χ4v) is 4.81. The molecule has 0 saturated carbocycles. The van der Waals surface area contributed by atoms with Crippen molar-refractivity contribution in [2.75, 3.05) is 33.3 Å². The van der Waals surface area contributed by atoms with Gasteiger partial charge in [-0.3, -0.25) is 0 Å². The Morgan fingerprint density at radius 2 is 2.00 bits per heavy atom. The van der Waals surface area contributed by atoms with Gasteiger partial charge in [0.05, 0.1) is 12.0 Å². The van der Waals surface area contributed by atoms with Gasteiger partial charge in [-0.05, 0) is 44.0 Å². The molecule has 5 nitrogen and oxygen atoms in total. The third kappa shape index (κ3) is 4.22. The van der Waals surface area contributed by atoms with Crippen LogP contribution in [0.15, 0.2) is 27.6 Å². The summed E-state index contributed by atoms with van der Waals surface area (Å²) in [5.41, 5.74) is 0. The summed E-state index contributed by atoms with van der Waals surface area (Å²) in [7, 11) is -1.93. The van der Waals surface area contributed by atoms with Crippen molar-refractivity contribution in [1.82, 2.24) is 9.62 Å². The molecule has 0 radical (unpaired) electrons. The molecule has 7 heteroatoms. The Morgan fingerprint density at radius 1 is 1.32 bits per heavy atom. The van der Waals surface area contributed by atoms with E-state index >= 15 is 0 Å². The molecule has 1 aliphatic heterocycles. The van der Waals surface area contributed by atoms with Gasteiger partial charge >= 0.3 is 0 Å². The Labute approximate surface area is 141 Å². The minimum absolute atomic E-state index is 0.281. The Morgan fingerprint density at radius 3 is 2.59 bits per heavy atom. The molecular weight excluding hydrogens is 368 g/mol. The molecule has 0 amide bonds. The van der Waals surface area contributed by atoms with Crippen LogP contribution in [0.5, 0.6) is 5.75 Å². The number of benzene rings is 1. The zero-order valence-electron chi connectivity index (χ0n) is 13.0. The van der Waals surface area contributed by atoms with Gasteiger partial charge in [0.15, 0.2) is 0 Å². The van der Waals surface area contributed by atoms with Crippen LogP contribution in [0.1, 0.15) is 19.8 Å². The molecule has 0 atom stereocenters. The zero-order valence-corrected chi connectivity index (χ0v) is 15.4. The van der Waals surface area contributed by atoms with Crippen LogP contribution in [-0.4, -0.2) is 46.0 Å². The highest BCUT2D eigenvalue weighted by molar-refractivity contribution is 9.10. The number of nitrogens with zero attached hydrogens (tertiary/aromatic N) is 1. The van der Waals surface area contributed by atoms with E-state index in [1.165, 1.54) is 7.11 Å². The number of halogens is 1. The quantitative estimate of drug-likeness (QED) is 0.810. The summed E-state index contributed by atoms with van der Waals surface area (Å²) in [4.78, 5) is 0.281. The number of methoxy groups -OCH3 is 1. The van der Waals surface area contributed by atoms with Crippen LogP contribution in [0.4, 0.5) is 0 Å². The number of nitrogens with one attached hydrogen (secondary N) is 1. The first-order valence-electron chi connectivity index (χ1n) is 7.52. The molecule has 0 aromatic heterocycles. The molecule has 0 unspecified atom stereocenters. The summed E-state index contributed by atoms with van der Waals surface area (Å²) in [6.07, 6.45) is 1.80. The standard InChI is InChI=1S/C15H23BrN2O3S/c1-3-17-11-12-4-6-18(7-5-12)22(19,20)15-9-13(16)8-14(10-15)21-2/h8-10,12,17H,3-7,11H2,1-2H3. The van der Waals surface area contributed by atoms with Crippen LogP contribution in [0.2, 0.25) is 0 Å².